The zero-order valence-corrected chi connectivity index (χ0v) is 13.6. The second kappa shape index (κ2) is 8.65. The minimum Gasteiger partial charge on any atom is -0.302 e. The highest BCUT2D eigenvalue weighted by atomic mass is 32.2. The fourth-order valence-electron chi connectivity index (χ4n) is 2.61. The second-order valence-corrected chi connectivity index (χ2v) is 6.90. The zero-order valence-electron chi connectivity index (χ0n) is 12.8. The number of hydrogen-bond donors (Lipinski definition) is 0. The number of hydrogen-bond acceptors (Lipinski definition) is 4. The maximum Gasteiger partial charge on any atom is 0.0543 e. The number of nitrogens with zero attached hydrogens (tertiary/aromatic N) is 3. The van der Waals surface area contributed by atoms with E-state index in [9.17, 15) is 0 Å². The van der Waals surface area contributed by atoms with Gasteiger partial charge in [-0.05, 0) is 50.9 Å². The lowest BCUT2D eigenvalue weighted by Crippen LogP contribution is -2.32. The van der Waals surface area contributed by atoms with Gasteiger partial charge in [-0.15, -0.1) is 0 Å². The highest BCUT2D eigenvalue weighted by Gasteiger charge is 2.15. The molecule has 4 heteroatoms. The van der Waals surface area contributed by atoms with Gasteiger partial charge in [0.25, 0.3) is 0 Å². The van der Waals surface area contributed by atoms with E-state index in [0.29, 0.717) is 0 Å². The van der Waals surface area contributed by atoms with Crippen molar-refractivity contribution in [1.82, 2.24) is 14.8 Å². The molecule has 112 valence electrons. The van der Waals surface area contributed by atoms with Crippen LogP contribution in [0.1, 0.15) is 25.5 Å². The second-order valence-electron chi connectivity index (χ2n) is 5.63. The molecule has 20 heavy (non-hydrogen) atoms. The Morgan fingerprint density at radius 1 is 1.20 bits per heavy atom. The molecule has 0 spiro atoms. The maximum atomic E-state index is 4.44. The minimum atomic E-state index is 0.780. The number of aromatic nitrogens is 1. The predicted octanol–water partition coefficient (Wildman–Crippen LogP) is 2.73. The van der Waals surface area contributed by atoms with Gasteiger partial charge in [-0.1, -0.05) is 13.0 Å². The van der Waals surface area contributed by atoms with Crippen LogP contribution in [0.25, 0.3) is 0 Å². The van der Waals surface area contributed by atoms with E-state index in [1.165, 1.54) is 51.3 Å². The molecular formula is C16H27N3S. The topological polar surface area (TPSA) is 19.4 Å². The fraction of sp³-hybridized carbons (Fsp3) is 0.688. The summed E-state index contributed by atoms with van der Waals surface area (Å²) >= 11 is 1.98. The zero-order chi connectivity index (χ0) is 14.2. The van der Waals surface area contributed by atoms with E-state index in [4.69, 9.17) is 0 Å². The lowest BCUT2D eigenvalue weighted by molar-refractivity contribution is 0.248. The molecule has 1 aromatic heterocycles. The molecule has 0 N–H and O–H groups in total. The molecule has 1 fully saturated rings. The smallest absolute Gasteiger partial charge is 0.0543 e. The summed E-state index contributed by atoms with van der Waals surface area (Å²) in [6.07, 6.45) is 6.69. The first-order chi connectivity index (χ1) is 9.78. The van der Waals surface area contributed by atoms with Crippen LogP contribution in [0.2, 0.25) is 0 Å². The van der Waals surface area contributed by atoms with Crippen LogP contribution in [0.5, 0.6) is 0 Å². The fourth-order valence-corrected chi connectivity index (χ4v) is 2.95. The summed E-state index contributed by atoms with van der Waals surface area (Å²) in [5, 5.41) is 0.780. The van der Waals surface area contributed by atoms with Gasteiger partial charge in [0.05, 0.1) is 5.69 Å². The maximum absolute atomic E-state index is 4.44. The summed E-state index contributed by atoms with van der Waals surface area (Å²) in [4.78, 5) is 9.61. The van der Waals surface area contributed by atoms with E-state index < -0.39 is 0 Å². The van der Waals surface area contributed by atoms with Crippen molar-refractivity contribution < 1.29 is 0 Å². The Hall–Kier alpha value is -0.580. The molecule has 0 radical (unpaired) electrons. The monoisotopic (exact) mass is 293 g/mol. The summed E-state index contributed by atoms with van der Waals surface area (Å²) in [7, 11) is 0. The summed E-state index contributed by atoms with van der Waals surface area (Å²) in [6, 6.07) is 6.19. The lowest BCUT2D eigenvalue weighted by Gasteiger charge is -2.22. The lowest BCUT2D eigenvalue weighted by atomic mass is 10.3. The van der Waals surface area contributed by atoms with Crippen molar-refractivity contribution >= 4 is 11.8 Å². The molecule has 1 aromatic rings. The highest BCUT2D eigenvalue weighted by Crippen LogP contribution is 2.12. The van der Waals surface area contributed by atoms with Crippen LogP contribution in [0, 0.1) is 0 Å². The van der Waals surface area contributed by atoms with E-state index >= 15 is 0 Å². The summed E-state index contributed by atoms with van der Waals surface area (Å²) in [6.45, 7) is 9.40. The first kappa shape index (κ1) is 15.8. The largest absolute Gasteiger partial charge is 0.302 e. The van der Waals surface area contributed by atoms with Gasteiger partial charge in [0.1, 0.15) is 0 Å². The summed E-state index contributed by atoms with van der Waals surface area (Å²) < 4.78 is 0. The first-order valence-corrected chi connectivity index (χ1v) is 8.94. The molecular weight excluding hydrogens is 266 g/mol. The van der Waals surface area contributed by atoms with Crippen molar-refractivity contribution in [2.24, 2.45) is 0 Å². The molecule has 0 saturated carbocycles. The van der Waals surface area contributed by atoms with Crippen LogP contribution >= 0.6 is 11.8 Å². The van der Waals surface area contributed by atoms with Gasteiger partial charge in [-0.2, -0.15) is 11.8 Å². The number of pyridine rings is 1. The van der Waals surface area contributed by atoms with Gasteiger partial charge < -0.3 is 4.90 Å². The highest BCUT2D eigenvalue weighted by molar-refractivity contribution is 7.99. The van der Waals surface area contributed by atoms with Crippen molar-refractivity contribution in [1.29, 1.82) is 0 Å². The number of thioether (sulfide) groups is 1. The third-order valence-corrected chi connectivity index (χ3v) is 5.09. The normalized spacial score (nSPS) is 19.7. The number of rotatable bonds is 6. The Kier molecular flexibility index (Phi) is 6.83. The van der Waals surface area contributed by atoms with Gasteiger partial charge in [0, 0.05) is 31.1 Å². The first-order valence-electron chi connectivity index (χ1n) is 7.65. The van der Waals surface area contributed by atoms with Crippen molar-refractivity contribution in [2.45, 2.75) is 31.6 Å². The molecule has 0 bridgehead atoms. The van der Waals surface area contributed by atoms with Crippen LogP contribution < -0.4 is 0 Å². The Bertz CT molecular complexity index is 371. The molecule has 3 nitrogen and oxygen atoms in total. The minimum absolute atomic E-state index is 0.780. The van der Waals surface area contributed by atoms with Crippen LogP contribution in [0.4, 0.5) is 0 Å². The molecule has 1 atom stereocenters. The van der Waals surface area contributed by atoms with Gasteiger partial charge >= 0.3 is 0 Å². The Balaban J connectivity index is 1.74. The summed E-state index contributed by atoms with van der Waals surface area (Å²) in [5.74, 6) is 0. The molecule has 0 aromatic carbocycles. The van der Waals surface area contributed by atoms with Crippen molar-refractivity contribution in [3.63, 3.8) is 0 Å². The molecule has 2 heterocycles. The van der Waals surface area contributed by atoms with Gasteiger partial charge in [0.2, 0.25) is 0 Å². The van der Waals surface area contributed by atoms with E-state index in [0.717, 1.165) is 11.8 Å². The van der Waals surface area contributed by atoms with Crippen molar-refractivity contribution in [2.75, 3.05) is 39.0 Å². The molecule has 1 aliphatic rings. The van der Waals surface area contributed by atoms with Gasteiger partial charge in [-0.25, -0.2) is 0 Å². The van der Waals surface area contributed by atoms with Gasteiger partial charge in [-0.3, -0.25) is 9.88 Å². The average Bonchev–Trinajstić information content (AvgIpc) is 2.71. The predicted molar refractivity (Wildman–Crippen MR) is 88.2 cm³/mol. The van der Waals surface area contributed by atoms with Crippen LogP contribution in [0.15, 0.2) is 24.4 Å². The Morgan fingerprint density at radius 2 is 2.00 bits per heavy atom. The molecule has 1 saturated heterocycles. The van der Waals surface area contributed by atoms with Crippen LogP contribution in [0.3, 0.4) is 0 Å². The quantitative estimate of drug-likeness (QED) is 0.803. The SMILES string of the molecule is CS[C@@H](C)CCN1CCCN(Cc2ccccn2)CC1. The van der Waals surface area contributed by atoms with Gasteiger partial charge in [0.15, 0.2) is 0 Å². The molecule has 0 amide bonds. The van der Waals surface area contributed by atoms with Crippen LogP contribution in [-0.2, 0) is 6.54 Å². The standard InChI is InChI=1S/C16H27N3S/c1-15(20-2)7-11-18-9-5-10-19(13-12-18)14-16-6-3-4-8-17-16/h3-4,6,8,15H,5,7,9-14H2,1-2H3/t15-/m0/s1. The molecule has 0 unspecified atom stereocenters. The van der Waals surface area contributed by atoms with Crippen LogP contribution in [-0.4, -0.2) is 59.0 Å². The molecule has 0 aliphatic carbocycles. The Morgan fingerprint density at radius 3 is 2.75 bits per heavy atom. The third-order valence-electron chi connectivity index (χ3n) is 4.05. The molecule has 2 rings (SSSR count). The van der Waals surface area contributed by atoms with Crippen molar-refractivity contribution in [3.8, 4) is 0 Å². The van der Waals surface area contributed by atoms with E-state index in [2.05, 4.69) is 40.1 Å². The third kappa shape index (κ3) is 5.43. The van der Waals surface area contributed by atoms with E-state index in [-0.39, 0.29) is 0 Å². The Labute approximate surface area is 127 Å². The molecule has 1 aliphatic heterocycles. The van der Waals surface area contributed by atoms with E-state index in [1.807, 2.05) is 24.0 Å². The van der Waals surface area contributed by atoms with Crippen molar-refractivity contribution in [3.05, 3.63) is 30.1 Å². The van der Waals surface area contributed by atoms with E-state index in [1.54, 1.807) is 0 Å². The average molecular weight is 293 g/mol. The summed E-state index contributed by atoms with van der Waals surface area (Å²) in [5.41, 5.74) is 1.19.